The first-order valence-corrected chi connectivity index (χ1v) is 7.12. The molecule has 3 rings (SSSR count). The van der Waals surface area contributed by atoms with Gasteiger partial charge in [-0.1, -0.05) is 0 Å². The smallest absolute Gasteiger partial charge is 0.0433 e. The van der Waals surface area contributed by atoms with Gasteiger partial charge in [0.15, 0.2) is 0 Å². The van der Waals surface area contributed by atoms with E-state index in [1.807, 2.05) is 0 Å². The normalized spacial score (nSPS) is 40.8. The highest BCUT2D eigenvalue weighted by atomic mass is 16.3. The van der Waals surface area contributed by atoms with Gasteiger partial charge in [-0.15, -0.1) is 0 Å². The molecule has 3 nitrogen and oxygen atoms in total. The van der Waals surface area contributed by atoms with Gasteiger partial charge in [-0.25, -0.2) is 0 Å². The molecule has 0 radical (unpaired) electrons. The number of aliphatic hydroxyl groups excluding tert-OH is 3. The Morgan fingerprint density at radius 2 is 1.00 bits per heavy atom. The van der Waals surface area contributed by atoms with Crippen LogP contribution in [-0.2, 0) is 0 Å². The molecule has 0 spiro atoms. The zero-order valence-electron chi connectivity index (χ0n) is 10.6. The lowest BCUT2D eigenvalue weighted by Crippen LogP contribution is -2.45. The minimum atomic E-state index is 0.283. The molecule has 3 unspecified atom stereocenters. The maximum Gasteiger partial charge on any atom is 0.0433 e. The highest BCUT2D eigenvalue weighted by molar-refractivity contribution is 4.95. The van der Waals surface area contributed by atoms with Crippen molar-refractivity contribution in [2.24, 2.45) is 29.6 Å². The summed E-state index contributed by atoms with van der Waals surface area (Å²) in [5.41, 5.74) is 0. The van der Waals surface area contributed by atoms with E-state index in [1.165, 1.54) is 19.3 Å². The Hall–Kier alpha value is -0.120. The third kappa shape index (κ3) is 2.83. The Bertz CT molecular complexity index is 193. The van der Waals surface area contributed by atoms with Gasteiger partial charge in [0.2, 0.25) is 0 Å². The molecule has 100 valence electrons. The first-order chi connectivity index (χ1) is 8.30. The van der Waals surface area contributed by atoms with E-state index in [2.05, 4.69) is 0 Å². The highest BCUT2D eigenvalue weighted by Gasteiger charge is 2.46. The Kier molecular flexibility index (Phi) is 4.83. The van der Waals surface area contributed by atoms with Crippen molar-refractivity contribution in [1.82, 2.24) is 0 Å². The van der Waals surface area contributed by atoms with Crippen LogP contribution in [0.4, 0.5) is 0 Å². The molecule has 0 amide bonds. The van der Waals surface area contributed by atoms with Crippen molar-refractivity contribution in [2.45, 2.75) is 38.5 Å². The summed E-state index contributed by atoms with van der Waals surface area (Å²) in [6.07, 6.45) is 6.50. The number of fused-ring (bicyclic) bond motifs is 3. The molecule has 3 fully saturated rings. The largest absolute Gasteiger partial charge is 0.396 e. The van der Waals surface area contributed by atoms with Crippen LogP contribution in [0.5, 0.6) is 0 Å². The molecule has 0 saturated heterocycles. The molecule has 2 bridgehead atoms. The lowest BCUT2D eigenvalue weighted by atomic mass is 9.53. The molecule has 3 saturated carbocycles. The summed E-state index contributed by atoms with van der Waals surface area (Å²) in [7, 11) is 0. The minimum Gasteiger partial charge on any atom is -0.396 e. The monoisotopic (exact) mass is 242 g/mol. The predicted octanol–water partition coefficient (Wildman–Crippen LogP) is 1.41. The number of rotatable bonds is 6. The molecule has 0 heterocycles. The molecular weight excluding hydrogens is 216 g/mol. The first kappa shape index (κ1) is 13.3. The van der Waals surface area contributed by atoms with Crippen LogP contribution in [0.25, 0.3) is 0 Å². The number of hydrogen-bond acceptors (Lipinski definition) is 3. The minimum absolute atomic E-state index is 0.283. The van der Waals surface area contributed by atoms with Crippen LogP contribution in [0.2, 0.25) is 0 Å². The van der Waals surface area contributed by atoms with Crippen LogP contribution in [0.3, 0.4) is 0 Å². The van der Waals surface area contributed by atoms with Crippen molar-refractivity contribution < 1.29 is 15.3 Å². The average molecular weight is 242 g/mol. The quantitative estimate of drug-likeness (QED) is 0.660. The third-order valence-electron chi connectivity index (χ3n) is 5.04. The summed E-state index contributed by atoms with van der Waals surface area (Å²) in [4.78, 5) is 0. The standard InChI is InChI=1S/C14H26O3/c15-4-1-11-7-10-8-12(2-5-16)14(11)13(9-10)3-6-17/h10-17H,1-9H2. The Morgan fingerprint density at radius 3 is 1.29 bits per heavy atom. The van der Waals surface area contributed by atoms with E-state index in [1.54, 1.807) is 0 Å². The molecule has 3 N–H and O–H groups in total. The van der Waals surface area contributed by atoms with E-state index >= 15 is 0 Å². The average Bonchev–Trinajstić information content (AvgIpc) is 2.30. The van der Waals surface area contributed by atoms with Crippen LogP contribution in [0.15, 0.2) is 0 Å². The summed E-state index contributed by atoms with van der Waals surface area (Å²) in [6, 6.07) is 0. The molecular formula is C14H26O3. The van der Waals surface area contributed by atoms with Crippen molar-refractivity contribution in [3.63, 3.8) is 0 Å². The lowest BCUT2D eigenvalue weighted by molar-refractivity contribution is -0.0418. The van der Waals surface area contributed by atoms with Crippen LogP contribution in [-0.4, -0.2) is 35.1 Å². The van der Waals surface area contributed by atoms with Crippen molar-refractivity contribution in [3.05, 3.63) is 0 Å². The van der Waals surface area contributed by atoms with Crippen molar-refractivity contribution in [3.8, 4) is 0 Å². The van der Waals surface area contributed by atoms with Crippen LogP contribution in [0, 0.1) is 29.6 Å². The summed E-state index contributed by atoms with van der Waals surface area (Å²) in [5.74, 6) is 3.28. The van der Waals surface area contributed by atoms with Crippen molar-refractivity contribution >= 4 is 0 Å². The van der Waals surface area contributed by atoms with Gasteiger partial charge in [0.25, 0.3) is 0 Å². The molecule has 0 aromatic rings. The summed E-state index contributed by atoms with van der Waals surface area (Å²) < 4.78 is 0. The Balaban J connectivity index is 2.06. The van der Waals surface area contributed by atoms with Crippen molar-refractivity contribution in [1.29, 1.82) is 0 Å². The van der Waals surface area contributed by atoms with Gasteiger partial charge in [-0.05, 0) is 68.1 Å². The summed E-state index contributed by atoms with van der Waals surface area (Å²) in [5, 5.41) is 27.5. The predicted molar refractivity (Wildman–Crippen MR) is 66.4 cm³/mol. The fourth-order valence-corrected chi connectivity index (χ4v) is 4.63. The highest BCUT2D eigenvalue weighted by Crippen LogP contribution is 2.54. The molecule has 3 atom stereocenters. The van der Waals surface area contributed by atoms with Crippen molar-refractivity contribution in [2.75, 3.05) is 19.8 Å². The van der Waals surface area contributed by atoms with E-state index in [0.717, 1.165) is 25.2 Å². The maximum atomic E-state index is 9.18. The van der Waals surface area contributed by atoms with Gasteiger partial charge >= 0.3 is 0 Å². The number of hydrogen-bond donors (Lipinski definition) is 3. The van der Waals surface area contributed by atoms with Gasteiger partial charge in [-0.2, -0.15) is 0 Å². The molecule has 3 heteroatoms. The van der Waals surface area contributed by atoms with Crippen LogP contribution >= 0.6 is 0 Å². The van der Waals surface area contributed by atoms with Crippen LogP contribution in [0.1, 0.15) is 38.5 Å². The fourth-order valence-electron chi connectivity index (χ4n) is 4.63. The Labute approximate surface area is 104 Å². The van der Waals surface area contributed by atoms with Gasteiger partial charge in [0, 0.05) is 19.8 Å². The molecule has 3 aliphatic carbocycles. The van der Waals surface area contributed by atoms with Gasteiger partial charge in [0.05, 0.1) is 0 Å². The molecule has 0 aromatic carbocycles. The van der Waals surface area contributed by atoms with Gasteiger partial charge < -0.3 is 15.3 Å². The van der Waals surface area contributed by atoms with Crippen LogP contribution < -0.4 is 0 Å². The Morgan fingerprint density at radius 1 is 0.647 bits per heavy atom. The maximum absolute atomic E-state index is 9.18. The topological polar surface area (TPSA) is 60.7 Å². The van der Waals surface area contributed by atoms with Gasteiger partial charge in [-0.3, -0.25) is 0 Å². The van der Waals surface area contributed by atoms with Gasteiger partial charge in [0.1, 0.15) is 0 Å². The third-order valence-corrected chi connectivity index (χ3v) is 5.04. The lowest BCUT2D eigenvalue weighted by Gasteiger charge is -2.52. The first-order valence-electron chi connectivity index (χ1n) is 7.12. The second-order valence-electron chi connectivity index (χ2n) is 5.97. The molecule has 0 aliphatic heterocycles. The van der Waals surface area contributed by atoms with E-state index in [9.17, 15) is 15.3 Å². The van der Waals surface area contributed by atoms with E-state index < -0.39 is 0 Å². The summed E-state index contributed by atoms with van der Waals surface area (Å²) >= 11 is 0. The summed E-state index contributed by atoms with van der Waals surface area (Å²) in [6.45, 7) is 0.850. The van der Waals surface area contributed by atoms with E-state index in [0.29, 0.717) is 23.7 Å². The fraction of sp³-hybridized carbons (Fsp3) is 1.00. The second-order valence-corrected chi connectivity index (χ2v) is 5.97. The molecule has 3 aliphatic rings. The second kappa shape index (κ2) is 6.17. The van der Waals surface area contributed by atoms with E-state index in [-0.39, 0.29) is 19.8 Å². The zero-order chi connectivity index (χ0) is 12.3. The SMILES string of the molecule is OCCC1CC2CC(CCO)C1C(CCO)C2. The molecule has 0 aromatic heterocycles. The molecule has 17 heavy (non-hydrogen) atoms. The zero-order valence-corrected chi connectivity index (χ0v) is 10.6. The number of aliphatic hydroxyl groups is 3. The van der Waals surface area contributed by atoms with E-state index in [4.69, 9.17) is 0 Å².